The molecule has 1 N–H and O–H groups in total. The van der Waals surface area contributed by atoms with Gasteiger partial charge in [-0.1, -0.05) is 13.0 Å². The minimum atomic E-state index is -0.322. The summed E-state index contributed by atoms with van der Waals surface area (Å²) in [4.78, 5) is 26.5. The fourth-order valence-corrected chi connectivity index (χ4v) is 4.17. The molecule has 0 bridgehead atoms. The number of carbonyl (C=O) groups excluding carboxylic acids is 2. The summed E-state index contributed by atoms with van der Waals surface area (Å²) in [5, 5.41) is 5.29. The second-order valence-corrected chi connectivity index (χ2v) is 7.38. The number of thiophene rings is 1. The van der Waals surface area contributed by atoms with Crippen molar-refractivity contribution in [3.8, 4) is 0 Å². The SMILES string of the molecule is CC[C@@H](C)OC(=O)C1=C(C)NC2=C(C(=O)CCC2)[C@H]1c1cccs1. The molecule has 0 aromatic carbocycles. The van der Waals surface area contributed by atoms with Crippen molar-refractivity contribution in [2.24, 2.45) is 0 Å². The molecular weight excluding hydrogens is 322 g/mol. The van der Waals surface area contributed by atoms with Gasteiger partial charge in [0.2, 0.25) is 0 Å². The molecule has 2 heterocycles. The number of hydrogen-bond donors (Lipinski definition) is 1. The van der Waals surface area contributed by atoms with Crippen LogP contribution in [0.2, 0.25) is 0 Å². The van der Waals surface area contributed by atoms with Gasteiger partial charge in [0.15, 0.2) is 5.78 Å². The van der Waals surface area contributed by atoms with Crippen LogP contribution in [0.4, 0.5) is 0 Å². The number of hydrogen-bond acceptors (Lipinski definition) is 5. The van der Waals surface area contributed by atoms with Crippen LogP contribution < -0.4 is 5.32 Å². The summed E-state index contributed by atoms with van der Waals surface area (Å²) in [5.74, 6) is -0.480. The highest BCUT2D eigenvalue weighted by Crippen LogP contribution is 2.43. The highest BCUT2D eigenvalue weighted by molar-refractivity contribution is 7.10. The Morgan fingerprint density at radius 1 is 1.46 bits per heavy atom. The molecule has 128 valence electrons. The Morgan fingerprint density at radius 2 is 2.25 bits per heavy atom. The van der Waals surface area contributed by atoms with Crippen LogP contribution >= 0.6 is 11.3 Å². The van der Waals surface area contributed by atoms with E-state index in [1.54, 1.807) is 11.3 Å². The third-order valence-electron chi connectivity index (χ3n) is 4.71. The van der Waals surface area contributed by atoms with E-state index in [9.17, 15) is 9.59 Å². The van der Waals surface area contributed by atoms with E-state index in [0.717, 1.165) is 41.1 Å². The first-order chi connectivity index (χ1) is 11.5. The van der Waals surface area contributed by atoms with Gasteiger partial charge in [0, 0.05) is 28.3 Å². The van der Waals surface area contributed by atoms with Gasteiger partial charge in [0.1, 0.15) is 0 Å². The average molecular weight is 345 g/mol. The van der Waals surface area contributed by atoms with E-state index in [4.69, 9.17) is 4.74 Å². The van der Waals surface area contributed by atoms with Crippen LogP contribution in [0.1, 0.15) is 57.2 Å². The van der Waals surface area contributed by atoms with Gasteiger partial charge in [-0.2, -0.15) is 0 Å². The molecule has 24 heavy (non-hydrogen) atoms. The van der Waals surface area contributed by atoms with E-state index in [1.165, 1.54) is 0 Å². The van der Waals surface area contributed by atoms with Gasteiger partial charge in [0.05, 0.1) is 17.6 Å². The summed E-state index contributed by atoms with van der Waals surface area (Å²) in [6.45, 7) is 5.78. The number of Topliss-reactive ketones (excluding diaryl/α,β-unsaturated/α-hetero) is 1. The van der Waals surface area contributed by atoms with Gasteiger partial charge in [-0.25, -0.2) is 4.79 Å². The van der Waals surface area contributed by atoms with E-state index in [-0.39, 0.29) is 23.8 Å². The maximum absolute atomic E-state index is 12.8. The Bertz CT molecular complexity index is 715. The van der Waals surface area contributed by atoms with Crippen LogP contribution in [0.15, 0.2) is 40.1 Å². The number of ether oxygens (including phenoxy) is 1. The minimum absolute atomic E-state index is 0.140. The predicted octanol–water partition coefficient (Wildman–Crippen LogP) is 4.06. The lowest BCUT2D eigenvalue weighted by Gasteiger charge is -2.33. The Balaban J connectivity index is 2.06. The Labute approximate surface area is 146 Å². The quantitative estimate of drug-likeness (QED) is 0.836. The predicted molar refractivity (Wildman–Crippen MR) is 94.6 cm³/mol. The van der Waals surface area contributed by atoms with Gasteiger partial charge in [-0.15, -0.1) is 11.3 Å². The van der Waals surface area contributed by atoms with E-state index >= 15 is 0 Å². The van der Waals surface area contributed by atoms with E-state index < -0.39 is 0 Å². The number of carbonyl (C=O) groups is 2. The Kier molecular flexibility index (Phi) is 4.90. The van der Waals surface area contributed by atoms with Gasteiger partial charge in [-0.05, 0) is 44.6 Å². The van der Waals surface area contributed by atoms with Crippen molar-refractivity contribution in [1.82, 2.24) is 5.32 Å². The van der Waals surface area contributed by atoms with Crippen molar-refractivity contribution in [2.45, 2.75) is 58.5 Å². The largest absolute Gasteiger partial charge is 0.459 e. The summed E-state index contributed by atoms with van der Waals surface area (Å²) in [7, 11) is 0. The zero-order valence-electron chi connectivity index (χ0n) is 14.3. The zero-order chi connectivity index (χ0) is 17.3. The molecule has 0 saturated heterocycles. The van der Waals surface area contributed by atoms with Crippen molar-refractivity contribution < 1.29 is 14.3 Å². The highest BCUT2D eigenvalue weighted by Gasteiger charge is 2.39. The monoisotopic (exact) mass is 345 g/mol. The molecule has 5 heteroatoms. The summed E-state index contributed by atoms with van der Waals surface area (Å²) in [6.07, 6.45) is 2.90. The third kappa shape index (κ3) is 3.05. The molecule has 0 amide bonds. The molecule has 1 aliphatic carbocycles. The molecule has 4 nitrogen and oxygen atoms in total. The molecular formula is C19H23NO3S. The smallest absolute Gasteiger partial charge is 0.337 e. The Morgan fingerprint density at radius 3 is 2.92 bits per heavy atom. The lowest BCUT2D eigenvalue weighted by atomic mass is 9.78. The van der Waals surface area contributed by atoms with Crippen LogP contribution in [0, 0.1) is 0 Å². The van der Waals surface area contributed by atoms with Gasteiger partial charge >= 0.3 is 5.97 Å². The maximum atomic E-state index is 12.8. The molecule has 0 fully saturated rings. The van der Waals surface area contributed by atoms with Crippen molar-refractivity contribution in [3.63, 3.8) is 0 Å². The van der Waals surface area contributed by atoms with Crippen molar-refractivity contribution in [1.29, 1.82) is 0 Å². The van der Waals surface area contributed by atoms with Crippen molar-refractivity contribution in [2.75, 3.05) is 0 Å². The van der Waals surface area contributed by atoms with Gasteiger partial charge in [0.25, 0.3) is 0 Å². The molecule has 0 radical (unpaired) electrons. The Hall–Kier alpha value is -1.88. The summed E-state index contributed by atoms with van der Waals surface area (Å²) in [5.41, 5.74) is 3.11. The van der Waals surface area contributed by atoms with E-state index in [2.05, 4.69) is 5.32 Å². The first-order valence-corrected chi connectivity index (χ1v) is 9.39. The molecule has 3 rings (SSSR count). The molecule has 2 aliphatic rings. The lowest BCUT2D eigenvalue weighted by molar-refractivity contribution is -0.143. The molecule has 2 atom stereocenters. The van der Waals surface area contributed by atoms with Gasteiger partial charge in [-0.3, -0.25) is 4.79 Å². The topological polar surface area (TPSA) is 55.4 Å². The number of nitrogens with one attached hydrogen (secondary N) is 1. The second kappa shape index (κ2) is 6.93. The fourth-order valence-electron chi connectivity index (χ4n) is 3.32. The van der Waals surface area contributed by atoms with Crippen LogP contribution in [0.25, 0.3) is 0 Å². The number of ketones is 1. The first kappa shape index (κ1) is 17.0. The van der Waals surface area contributed by atoms with Crippen LogP contribution in [0.5, 0.6) is 0 Å². The zero-order valence-corrected chi connectivity index (χ0v) is 15.2. The number of esters is 1. The number of allylic oxidation sites excluding steroid dienone is 3. The summed E-state index contributed by atoms with van der Waals surface area (Å²) < 4.78 is 5.59. The molecule has 0 saturated carbocycles. The van der Waals surface area contributed by atoms with Gasteiger partial charge < -0.3 is 10.1 Å². The molecule has 0 spiro atoms. The van der Waals surface area contributed by atoms with Crippen molar-refractivity contribution in [3.05, 3.63) is 44.9 Å². The second-order valence-electron chi connectivity index (χ2n) is 6.41. The minimum Gasteiger partial charge on any atom is -0.459 e. The van der Waals surface area contributed by atoms with E-state index in [0.29, 0.717) is 12.0 Å². The summed E-state index contributed by atoms with van der Waals surface area (Å²) >= 11 is 1.58. The fraction of sp³-hybridized carbons (Fsp3) is 0.474. The molecule has 1 aliphatic heterocycles. The molecule has 0 unspecified atom stereocenters. The first-order valence-electron chi connectivity index (χ1n) is 8.51. The molecule has 1 aromatic heterocycles. The molecule has 1 aromatic rings. The maximum Gasteiger partial charge on any atom is 0.337 e. The average Bonchev–Trinajstić information content (AvgIpc) is 3.07. The van der Waals surface area contributed by atoms with Crippen LogP contribution in [-0.4, -0.2) is 17.9 Å². The van der Waals surface area contributed by atoms with Crippen molar-refractivity contribution >= 4 is 23.1 Å². The number of rotatable bonds is 4. The highest BCUT2D eigenvalue weighted by atomic mass is 32.1. The standard InChI is InChI=1S/C19H23NO3S/c1-4-11(2)23-19(22)16-12(3)20-13-7-5-8-14(21)17(13)18(16)15-9-6-10-24-15/h6,9-11,18,20H,4-5,7-8H2,1-3H3/t11-,18+/m1/s1. The van der Waals surface area contributed by atoms with Crippen LogP contribution in [-0.2, 0) is 14.3 Å². The lowest BCUT2D eigenvalue weighted by Crippen LogP contribution is -2.34. The number of dihydropyridines is 1. The third-order valence-corrected chi connectivity index (χ3v) is 5.64. The van der Waals surface area contributed by atoms with E-state index in [1.807, 2.05) is 38.3 Å². The van der Waals surface area contributed by atoms with Crippen LogP contribution in [0.3, 0.4) is 0 Å². The summed E-state index contributed by atoms with van der Waals surface area (Å²) in [6, 6.07) is 3.96. The normalized spacial score (nSPS) is 22.1.